The van der Waals surface area contributed by atoms with E-state index in [0.717, 1.165) is 0 Å². The topological polar surface area (TPSA) is 81.7 Å². The molecule has 1 aromatic rings. The maximum Gasteiger partial charge on any atom is 0.255 e. The van der Waals surface area contributed by atoms with Gasteiger partial charge in [-0.05, 0) is 44.9 Å². The minimum Gasteiger partial charge on any atom is -0.497 e. The number of ether oxygens (including phenoxy) is 2. The minimum atomic E-state index is -3.11. The van der Waals surface area contributed by atoms with E-state index in [-0.39, 0.29) is 17.7 Å². The lowest BCUT2D eigenvalue weighted by molar-refractivity contribution is 0.0927. The van der Waals surface area contributed by atoms with Gasteiger partial charge in [-0.3, -0.25) is 4.79 Å². The number of hydrogen-bond acceptors (Lipinski definition) is 5. The van der Waals surface area contributed by atoms with Crippen LogP contribution in [0.25, 0.3) is 0 Å². The highest BCUT2D eigenvalue weighted by molar-refractivity contribution is 7.92. The van der Waals surface area contributed by atoms with E-state index in [1.807, 2.05) is 0 Å². The number of methoxy groups -OCH3 is 2. The van der Waals surface area contributed by atoms with Crippen molar-refractivity contribution in [2.24, 2.45) is 0 Å². The molecule has 1 saturated heterocycles. The van der Waals surface area contributed by atoms with Gasteiger partial charge in [-0.15, -0.1) is 0 Å². The Bertz CT molecular complexity index is 696. The van der Waals surface area contributed by atoms with Gasteiger partial charge in [-0.1, -0.05) is 0 Å². The van der Waals surface area contributed by atoms with Crippen LogP contribution in [-0.4, -0.2) is 45.1 Å². The van der Waals surface area contributed by atoms with E-state index < -0.39 is 14.6 Å². The number of carbonyl (C=O) groups is 1. The molecule has 0 spiro atoms. The van der Waals surface area contributed by atoms with E-state index in [2.05, 4.69) is 5.32 Å². The molecule has 0 aromatic heterocycles. The number of rotatable bonds is 4. The first-order chi connectivity index (χ1) is 10.7. The molecule has 1 atom stereocenters. The van der Waals surface area contributed by atoms with Gasteiger partial charge in [0.05, 0.1) is 30.3 Å². The normalized spacial score (nSPS) is 22.2. The Morgan fingerprint density at radius 2 is 1.96 bits per heavy atom. The van der Waals surface area contributed by atoms with Crippen LogP contribution < -0.4 is 14.8 Å². The van der Waals surface area contributed by atoms with Gasteiger partial charge in [-0.25, -0.2) is 8.42 Å². The van der Waals surface area contributed by atoms with Crippen molar-refractivity contribution in [1.82, 2.24) is 5.32 Å². The lowest BCUT2D eigenvalue weighted by Gasteiger charge is -2.35. The smallest absolute Gasteiger partial charge is 0.255 e. The summed E-state index contributed by atoms with van der Waals surface area (Å²) in [5.41, 5.74) is 0.373. The largest absolute Gasteiger partial charge is 0.497 e. The Morgan fingerprint density at radius 3 is 2.52 bits per heavy atom. The minimum absolute atomic E-state index is 0.0835. The van der Waals surface area contributed by atoms with Crippen LogP contribution in [0.15, 0.2) is 18.2 Å². The Labute approximate surface area is 137 Å². The molecule has 1 heterocycles. The van der Waals surface area contributed by atoms with Gasteiger partial charge in [0.2, 0.25) is 0 Å². The van der Waals surface area contributed by atoms with Crippen molar-refractivity contribution in [1.29, 1.82) is 0 Å². The van der Waals surface area contributed by atoms with Crippen LogP contribution in [0.2, 0.25) is 0 Å². The number of hydrogen-bond donors (Lipinski definition) is 1. The highest BCUT2D eigenvalue weighted by Crippen LogP contribution is 2.31. The zero-order valence-electron chi connectivity index (χ0n) is 13.9. The van der Waals surface area contributed by atoms with Crippen molar-refractivity contribution in [3.8, 4) is 11.5 Å². The molecule has 6 nitrogen and oxygen atoms in total. The van der Waals surface area contributed by atoms with Gasteiger partial charge in [0.15, 0.2) is 9.84 Å². The average molecular weight is 341 g/mol. The van der Waals surface area contributed by atoms with E-state index in [4.69, 9.17) is 9.47 Å². The standard InChI is InChI=1S/C16H23NO5S/c1-16(2)10-11(7-8-23(16,19)20)17-15(18)13-9-12(21-3)5-6-14(13)22-4/h5-6,9,11H,7-8,10H2,1-4H3,(H,17,18). The van der Waals surface area contributed by atoms with Gasteiger partial charge in [0, 0.05) is 6.04 Å². The van der Waals surface area contributed by atoms with Crippen LogP contribution in [0.5, 0.6) is 11.5 Å². The van der Waals surface area contributed by atoms with E-state index in [1.165, 1.54) is 14.2 Å². The molecule has 1 N–H and O–H groups in total. The van der Waals surface area contributed by atoms with Crippen molar-refractivity contribution < 1.29 is 22.7 Å². The summed E-state index contributed by atoms with van der Waals surface area (Å²) < 4.78 is 33.6. The fraction of sp³-hybridized carbons (Fsp3) is 0.562. The van der Waals surface area contributed by atoms with Crippen LogP contribution in [0.1, 0.15) is 37.0 Å². The van der Waals surface area contributed by atoms with Crippen molar-refractivity contribution in [2.75, 3.05) is 20.0 Å². The summed E-state index contributed by atoms with van der Waals surface area (Å²) in [4.78, 5) is 12.5. The molecule has 1 aliphatic heterocycles. The summed E-state index contributed by atoms with van der Waals surface area (Å²) in [7, 11) is -0.0931. The second-order valence-electron chi connectivity index (χ2n) is 6.31. The molecule has 0 aliphatic carbocycles. The van der Waals surface area contributed by atoms with Crippen molar-refractivity contribution >= 4 is 15.7 Å². The Kier molecular flexibility index (Phi) is 4.89. The zero-order chi connectivity index (χ0) is 17.3. The Hall–Kier alpha value is -1.76. The van der Waals surface area contributed by atoms with E-state index in [9.17, 15) is 13.2 Å². The molecule has 1 aromatic carbocycles. The fourth-order valence-electron chi connectivity index (χ4n) is 2.77. The highest BCUT2D eigenvalue weighted by atomic mass is 32.2. The predicted molar refractivity (Wildman–Crippen MR) is 87.9 cm³/mol. The van der Waals surface area contributed by atoms with Crippen LogP contribution in [0, 0.1) is 0 Å². The van der Waals surface area contributed by atoms with Crippen molar-refractivity contribution in [3.05, 3.63) is 23.8 Å². The van der Waals surface area contributed by atoms with Gasteiger partial charge in [0.25, 0.3) is 5.91 Å². The molecule has 0 radical (unpaired) electrons. The number of nitrogens with one attached hydrogen (secondary N) is 1. The molecule has 23 heavy (non-hydrogen) atoms. The molecule has 128 valence electrons. The van der Waals surface area contributed by atoms with E-state index in [1.54, 1.807) is 32.0 Å². The Balaban J connectivity index is 2.17. The zero-order valence-corrected chi connectivity index (χ0v) is 14.7. The third-order valence-electron chi connectivity index (χ3n) is 4.30. The lowest BCUT2D eigenvalue weighted by Crippen LogP contribution is -2.49. The molecular weight excluding hydrogens is 318 g/mol. The number of amides is 1. The predicted octanol–water partition coefficient (Wildman–Crippen LogP) is 1.79. The number of benzene rings is 1. The van der Waals surface area contributed by atoms with Crippen LogP contribution in [-0.2, 0) is 9.84 Å². The first-order valence-corrected chi connectivity index (χ1v) is 9.10. The molecule has 7 heteroatoms. The van der Waals surface area contributed by atoms with E-state index >= 15 is 0 Å². The molecule has 1 aliphatic rings. The van der Waals surface area contributed by atoms with Crippen molar-refractivity contribution in [3.63, 3.8) is 0 Å². The summed E-state index contributed by atoms with van der Waals surface area (Å²) in [6.07, 6.45) is 0.817. The van der Waals surface area contributed by atoms with Crippen LogP contribution >= 0.6 is 0 Å². The third kappa shape index (κ3) is 3.60. The molecule has 1 fully saturated rings. The maximum atomic E-state index is 12.5. The fourth-order valence-corrected chi connectivity index (χ4v) is 4.38. The highest BCUT2D eigenvalue weighted by Gasteiger charge is 2.41. The first-order valence-electron chi connectivity index (χ1n) is 7.45. The summed E-state index contributed by atoms with van der Waals surface area (Å²) in [5.74, 6) is 0.801. The molecule has 1 unspecified atom stereocenters. The van der Waals surface area contributed by atoms with Gasteiger partial charge in [-0.2, -0.15) is 0 Å². The van der Waals surface area contributed by atoms with Crippen LogP contribution in [0.4, 0.5) is 0 Å². The monoisotopic (exact) mass is 341 g/mol. The third-order valence-corrected chi connectivity index (χ3v) is 6.93. The molecular formula is C16H23NO5S. The summed E-state index contributed by atoms with van der Waals surface area (Å²) in [6.45, 7) is 3.40. The summed E-state index contributed by atoms with van der Waals surface area (Å²) in [6, 6.07) is 4.81. The first kappa shape index (κ1) is 17.6. The molecule has 0 saturated carbocycles. The maximum absolute atomic E-state index is 12.5. The SMILES string of the molecule is COc1ccc(OC)c(C(=O)NC2CCS(=O)(=O)C(C)(C)C2)c1. The van der Waals surface area contributed by atoms with Gasteiger partial charge in [0.1, 0.15) is 11.5 Å². The second-order valence-corrected chi connectivity index (χ2v) is 9.05. The van der Waals surface area contributed by atoms with E-state index in [0.29, 0.717) is 29.9 Å². The lowest BCUT2D eigenvalue weighted by atomic mass is 9.99. The summed E-state index contributed by atoms with van der Waals surface area (Å²) >= 11 is 0. The summed E-state index contributed by atoms with van der Waals surface area (Å²) in [5, 5.41) is 2.92. The quantitative estimate of drug-likeness (QED) is 0.903. The van der Waals surface area contributed by atoms with Gasteiger partial charge >= 0.3 is 0 Å². The van der Waals surface area contributed by atoms with Crippen molar-refractivity contribution in [2.45, 2.75) is 37.5 Å². The number of sulfone groups is 1. The van der Waals surface area contributed by atoms with Crippen LogP contribution in [0.3, 0.4) is 0 Å². The number of carbonyl (C=O) groups excluding carboxylic acids is 1. The molecule has 1 amide bonds. The Morgan fingerprint density at radius 1 is 1.26 bits per heavy atom. The van der Waals surface area contributed by atoms with Gasteiger partial charge < -0.3 is 14.8 Å². The molecule has 2 rings (SSSR count). The average Bonchev–Trinajstić information content (AvgIpc) is 2.50. The molecule has 0 bridgehead atoms. The second kappa shape index (κ2) is 6.39.